The number of hydrogen-bond acceptors (Lipinski definition) is 1. The maximum Gasteiger partial charge on any atom is 0.0603 e. The summed E-state index contributed by atoms with van der Waals surface area (Å²) in [5.74, 6) is 0. The van der Waals surface area contributed by atoms with E-state index in [1.165, 1.54) is 37.8 Å². The monoisotopic (exact) mass is 331 g/mol. The fourth-order valence-corrected chi connectivity index (χ4v) is 4.69. The zero-order chi connectivity index (χ0) is 16.7. The van der Waals surface area contributed by atoms with E-state index in [0.717, 1.165) is 18.5 Å². The topological polar surface area (TPSA) is 4.93 Å². The normalized spacial score (nSPS) is 11.4. The lowest BCUT2D eigenvalue weighted by atomic mass is 9.94. The van der Waals surface area contributed by atoms with Crippen molar-refractivity contribution >= 4 is 37.9 Å². The number of aryl methyl sites for hydroxylation is 1. The SMILES string of the molecule is C=C(c1cccc2ccccc12)c1c(C)n(CCC)c2ccsc12. The van der Waals surface area contributed by atoms with Gasteiger partial charge >= 0.3 is 0 Å². The fourth-order valence-electron chi connectivity index (χ4n) is 3.67. The summed E-state index contributed by atoms with van der Waals surface area (Å²) in [4.78, 5) is 0. The van der Waals surface area contributed by atoms with Gasteiger partial charge in [-0.2, -0.15) is 0 Å². The summed E-state index contributed by atoms with van der Waals surface area (Å²) in [5.41, 5.74) is 6.35. The molecule has 0 radical (unpaired) electrons. The number of nitrogens with zero attached hydrogens (tertiary/aromatic N) is 1. The highest BCUT2D eigenvalue weighted by molar-refractivity contribution is 7.17. The Kier molecular flexibility index (Phi) is 3.78. The molecule has 2 aromatic heterocycles. The third-order valence-electron chi connectivity index (χ3n) is 4.79. The largest absolute Gasteiger partial charge is 0.344 e. The summed E-state index contributed by atoms with van der Waals surface area (Å²) in [5, 5.41) is 4.73. The van der Waals surface area contributed by atoms with Crippen LogP contribution in [0.1, 0.15) is 30.2 Å². The van der Waals surface area contributed by atoms with Crippen molar-refractivity contribution in [2.75, 3.05) is 0 Å². The molecular weight excluding hydrogens is 310 g/mol. The minimum atomic E-state index is 1.06. The summed E-state index contributed by atoms with van der Waals surface area (Å²) in [7, 11) is 0. The van der Waals surface area contributed by atoms with E-state index in [9.17, 15) is 0 Å². The Morgan fingerprint density at radius 3 is 2.71 bits per heavy atom. The van der Waals surface area contributed by atoms with Gasteiger partial charge < -0.3 is 4.57 Å². The van der Waals surface area contributed by atoms with Gasteiger partial charge in [0.25, 0.3) is 0 Å². The van der Waals surface area contributed by atoms with Crippen molar-refractivity contribution in [2.45, 2.75) is 26.8 Å². The molecule has 4 aromatic rings. The Hall–Kier alpha value is -2.32. The van der Waals surface area contributed by atoms with E-state index < -0.39 is 0 Å². The van der Waals surface area contributed by atoms with Gasteiger partial charge in [0, 0.05) is 17.8 Å². The average Bonchev–Trinajstić information content (AvgIpc) is 3.16. The molecule has 24 heavy (non-hydrogen) atoms. The van der Waals surface area contributed by atoms with Crippen molar-refractivity contribution in [3.05, 3.63) is 77.3 Å². The van der Waals surface area contributed by atoms with Gasteiger partial charge in [-0.25, -0.2) is 0 Å². The molecule has 2 heteroatoms. The molecule has 2 aromatic carbocycles. The standard InChI is InChI=1S/C22H21NS/c1-4-13-23-16(3)21(22-20(23)12-14-24-22)15(2)18-11-7-9-17-8-5-6-10-19(17)18/h5-12,14H,2,4,13H2,1,3H3. The maximum absolute atomic E-state index is 4.50. The molecular formula is C22H21NS. The average molecular weight is 331 g/mol. The second kappa shape index (κ2) is 5.95. The minimum Gasteiger partial charge on any atom is -0.344 e. The summed E-state index contributed by atoms with van der Waals surface area (Å²) in [6.07, 6.45) is 1.14. The zero-order valence-electron chi connectivity index (χ0n) is 14.2. The van der Waals surface area contributed by atoms with Crippen LogP contribution >= 0.6 is 11.3 Å². The molecule has 0 saturated carbocycles. The van der Waals surface area contributed by atoms with Gasteiger partial charge in [0.2, 0.25) is 0 Å². The second-order valence-corrected chi connectivity index (χ2v) is 7.17. The lowest BCUT2D eigenvalue weighted by Crippen LogP contribution is -1.99. The number of fused-ring (bicyclic) bond motifs is 2. The molecule has 2 heterocycles. The van der Waals surface area contributed by atoms with E-state index in [1.807, 2.05) is 11.3 Å². The van der Waals surface area contributed by atoms with Crippen molar-refractivity contribution < 1.29 is 0 Å². The highest BCUT2D eigenvalue weighted by atomic mass is 32.1. The highest BCUT2D eigenvalue weighted by Crippen LogP contribution is 2.39. The lowest BCUT2D eigenvalue weighted by Gasteiger charge is -2.12. The van der Waals surface area contributed by atoms with Gasteiger partial charge in [-0.05, 0) is 46.7 Å². The quantitative estimate of drug-likeness (QED) is 0.395. The number of benzene rings is 2. The molecule has 0 spiro atoms. The van der Waals surface area contributed by atoms with Gasteiger partial charge in [-0.15, -0.1) is 11.3 Å². The van der Waals surface area contributed by atoms with Gasteiger partial charge in [0.05, 0.1) is 10.2 Å². The minimum absolute atomic E-state index is 1.06. The van der Waals surface area contributed by atoms with Crippen LogP contribution in [-0.4, -0.2) is 4.57 Å². The lowest BCUT2D eigenvalue weighted by molar-refractivity contribution is 0.685. The number of hydrogen-bond donors (Lipinski definition) is 0. The van der Waals surface area contributed by atoms with Crippen molar-refractivity contribution in [2.24, 2.45) is 0 Å². The molecule has 0 fully saturated rings. The number of rotatable bonds is 4. The van der Waals surface area contributed by atoms with Gasteiger partial charge in [-0.1, -0.05) is 56.0 Å². The molecule has 0 saturated heterocycles. The molecule has 0 bridgehead atoms. The maximum atomic E-state index is 4.50. The molecule has 0 aliphatic carbocycles. The Balaban J connectivity index is 1.96. The van der Waals surface area contributed by atoms with Crippen LogP contribution in [0.3, 0.4) is 0 Å². The Morgan fingerprint density at radius 1 is 1.08 bits per heavy atom. The van der Waals surface area contributed by atoms with Crippen LogP contribution in [0.4, 0.5) is 0 Å². The second-order valence-electron chi connectivity index (χ2n) is 6.25. The predicted octanol–water partition coefficient (Wildman–Crippen LogP) is 6.64. The number of aromatic nitrogens is 1. The molecule has 0 N–H and O–H groups in total. The van der Waals surface area contributed by atoms with Crippen molar-refractivity contribution in [3.63, 3.8) is 0 Å². The van der Waals surface area contributed by atoms with E-state index in [2.05, 4.69) is 78.9 Å². The van der Waals surface area contributed by atoms with Crippen LogP contribution in [0, 0.1) is 6.92 Å². The smallest absolute Gasteiger partial charge is 0.0603 e. The van der Waals surface area contributed by atoms with Crippen LogP contribution in [0.2, 0.25) is 0 Å². The van der Waals surface area contributed by atoms with Gasteiger partial charge in [0.15, 0.2) is 0 Å². The van der Waals surface area contributed by atoms with Crippen molar-refractivity contribution in [1.82, 2.24) is 4.57 Å². The summed E-state index contributed by atoms with van der Waals surface area (Å²) >= 11 is 1.82. The Labute approximate surface area is 146 Å². The summed E-state index contributed by atoms with van der Waals surface area (Å²) < 4.78 is 3.80. The molecule has 0 aliphatic rings. The Bertz CT molecular complexity index is 1040. The molecule has 0 unspecified atom stereocenters. The first-order valence-electron chi connectivity index (χ1n) is 8.46. The van der Waals surface area contributed by atoms with E-state index in [-0.39, 0.29) is 0 Å². The van der Waals surface area contributed by atoms with Gasteiger partial charge in [-0.3, -0.25) is 0 Å². The van der Waals surface area contributed by atoms with Crippen LogP contribution in [0.15, 0.2) is 60.5 Å². The molecule has 0 aliphatic heterocycles. The third kappa shape index (κ3) is 2.22. The first-order valence-corrected chi connectivity index (χ1v) is 9.34. The fraction of sp³-hybridized carbons (Fsp3) is 0.182. The Morgan fingerprint density at radius 2 is 1.88 bits per heavy atom. The van der Waals surface area contributed by atoms with Crippen molar-refractivity contribution in [3.8, 4) is 0 Å². The van der Waals surface area contributed by atoms with Gasteiger partial charge in [0.1, 0.15) is 0 Å². The van der Waals surface area contributed by atoms with E-state index >= 15 is 0 Å². The van der Waals surface area contributed by atoms with Crippen molar-refractivity contribution in [1.29, 1.82) is 0 Å². The third-order valence-corrected chi connectivity index (χ3v) is 5.71. The molecule has 120 valence electrons. The molecule has 4 rings (SSSR count). The first-order chi connectivity index (χ1) is 11.7. The van der Waals surface area contributed by atoms with E-state index in [4.69, 9.17) is 0 Å². The van der Waals surface area contributed by atoms with Crippen LogP contribution < -0.4 is 0 Å². The van der Waals surface area contributed by atoms with E-state index in [1.54, 1.807) is 0 Å². The van der Waals surface area contributed by atoms with E-state index in [0.29, 0.717) is 0 Å². The predicted molar refractivity (Wildman–Crippen MR) is 107 cm³/mol. The molecule has 0 amide bonds. The summed E-state index contributed by atoms with van der Waals surface area (Å²) in [6.45, 7) is 10.0. The molecule has 1 nitrogen and oxygen atoms in total. The highest BCUT2D eigenvalue weighted by Gasteiger charge is 2.18. The van der Waals surface area contributed by atoms with Crippen LogP contribution in [0.25, 0.3) is 26.6 Å². The first kappa shape index (κ1) is 15.2. The molecule has 0 atom stereocenters. The van der Waals surface area contributed by atoms with Crippen LogP contribution in [0.5, 0.6) is 0 Å². The zero-order valence-corrected chi connectivity index (χ0v) is 15.0. The van der Waals surface area contributed by atoms with Crippen LogP contribution in [-0.2, 0) is 6.54 Å². The summed E-state index contributed by atoms with van der Waals surface area (Å²) in [6, 6.07) is 17.3. The number of thiophene rings is 1.